The van der Waals surface area contributed by atoms with Gasteiger partial charge >= 0.3 is 0 Å². The molecule has 2 N–H and O–H groups in total. The Morgan fingerprint density at radius 3 is 3.10 bits per heavy atom. The highest BCUT2D eigenvalue weighted by Crippen LogP contribution is 2.31. The van der Waals surface area contributed by atoms with Gasteiger partial charge in [-0.3, -0.25) is 4.79 Å². The minimum absolute atomic E-state index is 0.0371. The Morgan fingerprint density at radius 2 is 2.33 bits per heavy atom. The summed E-state index contributed by atoms with van der Waals surface area (Å²) in [5.41, 5.74) is 2.13. The number of amides is 1. The summed E-state index contributed by atoms with van der Waals surface area (Å²) in [5.74, 6) is 0.606. The lowest BCUT2D eigenvalue weighted by Gasteiger charge is -2.22. The summed E-state index contributed by atoms with van der Waals surface area (Å²) in [6, 6.07) is 5.87. The van der Waals surface area contributed by atoms with Crippen LogP contribution in [0.2, 0.25) is 0 Å². The second kappa shape index (κ2) is 7.46. The maximum Gasteiger partial charge on any atom is 0.258 e. The van der Waals surface area contributed by atoms with Gasteiger partial charge in [-0.1, -0.05) is 19.4 Å². The van der Waals surface area contributed by atoms with E-state index in [2.05, 4.69) is 12.2 Å². The number of benzene rings is 1. The molecular weight excluding hydrogens is 266 g/mol. The summed E-state index contributed by atoms with van der Waals surface area (Å²) < 4.78 is 5.55. The normalized spacial score (nSPS) is 18.7. The quantitative estimate of drug-likeness (QED) is 0.847. The molecule has 1 aromatic carbocycles. The Kier molecular flexibility index (Phi) is 5.62. The third-order valence-corrected chi connectivity index (χ3v) is 3.90. The summed E-state index contributed by atoms with van der Waals surface area (Å²) in [5, 5.41) is 12.8. The number of ether oxygens (including phenoxy) is 1. The second-order valence-corrected chi connectivity index (χ2v) is 5.81. The lowest BCUT2D eigenvalue weighted by atomic mass is 9.89. The average molecular weight is 291 g/mol. The van der Waals surface area contributed by atoms with Gasteiger partial charge in [-0.2, -0.15) is 0 Å². The molecule has 21 heavy (non-hydrogen) atoms. The summed E-state index contributed by atoms with van der Waals surface area (Å²) in [6.07, 6.45) is 4.44. The van der Waals surface area contributed by atoms with Crippen molar-refractivity contribution < 1.29 is 14.6 Å². The zero-order valence-corrected chi connectivity index (χ0v) is 12.9. The van der Waals surface area contributed by atoms with Crippen LogP contribution in [-0.2, 0) is 11.2 Å². The van der Waals surface area contributed by atoms with Gasteiger partial charge in [0.25, 0.3) is 5.91 Å². The van der Waals surface area contributed by atoms with Crippen molar-refractivity contribution in [3.63, 3.8) is 0 Å². The molecule has 2 rings (SSSR count). The molecule has 0 spiro atoms. The van der Waals surface area contributed by atoms with Crippen LogP contribution in [-0.4, -0.2) is 23.7 Å². The maximum atomic E-state index is 11.8. The van der Waals surface area contributed by atoms with Crippen LogP contribution in [0.1, 0.15) is 56.8 Å². The molecule has 0 fully saturated rings. The number of carbonyl (C=O) groups excluding carboxylic acids is 1. The molecule has 116 valence electrons. The molecule has 0 heterocycles. The standard InChI is InChI=1S/C17H25NO3/c1-3-5-12(2)18-17(20)11-21-14-8-9-15-13(10-14)6-4-7-16(15)19/h8-10,12,16,19H,3-7,11H2,1-2H3,(H,18,20). The van der Waals surface area contributed by atoms with Gasteiger partial charge in [0, 0.05) is 6.04 Å². The first-order valence-electron chi connectivity index (χ1n) is 7.83. The van der Waals surface area contributed by atoms with E-state index in [1.54, 1.807) is 0 Å². The molecule has 4 heteroatoms. The van der Waals surface area contributed by atoms with E-state index in [0.29, 0.717) is 5.75 Å². The van der Waals surface area contributed by atoms with Crippen molar-refractivity contribution in [2.45, 2.75) is 58.1 Å². The van der Waals surface area contributed by atoms with E-state index in [4.69, 9.17) is 4.74 Å². The Labute approximate surface area is 126 Å². The predicted molar refractivity (Wildman–Crippen MR) is 82.3 cm³/mol. The van der Waals surface area contributed by atoms with Crippen LogP contribution in [0, 0.1) is 0 Å². The Balaban J connectivity index is 1.88. The third-order valence-electron chi connectivity index (χ3n) is 3.90. The Bertz CT molecular complexity index is 487. The first-order chi connectivity index (χ1) is 10.1. The lowest BCUT2D eigenvalue weighted by molar-refractivity contribution is -0.123. The zero-order valence-electron chi connectivity index (χ0n) is 12.9. The van der Waals surface area contributed by atoms with Gasteiger partial charge in [-0.15, -0.1) is 0 Å². The van der Waals surface area contributed by atoms with E-state index in [-0.39, 0.29) is 24.7 Å². The summed E-state index contributed by atoms with van der Waals surface area (Å²) in [4.78, 5) is 11.8. The Hall–Kier alpha value is -1.55. The first-order valence-corrected chi connectivity index (χ1v) is 7.83. The molecule has 1 aliphatic carbocycles. The van der Waals surface area contributed by atoms with Crippen molar-refractivity contribution in [1.82, 2.24) is 5.32 Å². The number of fused-ring (bicyclic) bond motifs is 1. The highest BCUT2D eigenvalue weighted by molar-refractivity contribution is 5.77. The van der Waals surface area contributed by atoms with Crippen LogP contribution in [0.25, 0.3) is 0 Å². The summed E-state index contributed by atoms with van der Waals surface area (Å²) >= 11 is 0. The first kappa shape index (κ1) is 15.8. The minimum atomic E-state index is -0.360. The minimum Gasteiger partial charge on any atom is -0.484 e. The van der Waals surface area contributed by atoms with Gasteiger partial charge in [0.15, 0.2) is 6.61 Å². The van der Waals surface area contributed by atoms with E-state index < -0.39 is 0 Å². The average Bonchev–Trinajstić information content (AvgIpc) is 2.45. The third kappa shape index (κ3) is 4.46. The Morgan fingerprint density at radius 1 is 1.52 bits per heavy atom. The van der Waals surface area contributed by atoms with Crippen molar-refractivity contribution in [3.05, 3.63) is 29.3 Å². The van der Waals surface area contributed by atoms with E-state index in [0.717, 1.165) is 43.2 Å². The molecule has 1 aliphatic rings. The topological polar surface area (TPSA) is 58.6 Å². The smallest absolute Gasteiger partial charge is 0.258 e. The number of aliphatic hydroxyl groups excluding tert-OH is 1. The van der Waals surface area contributed by atoms with Gasteiger partial charge < -0.3 is 15.2 Å². The molecule has 4 nitrogen and oxygen atoms in total. The molecule has 1 amide bonds. The number of nitrogens with one attached hydrogen (secondary N) is 1. The fourth-order valence-electron chi connectivity index (χ4n) is 2.83. The predicted octanol–water partition coefficient (Wildman–Crippen LogP) is 2.74. The monoisotopic (exact) mass is 291 g/mol. The van der Waals surface area contributed by atoms with Crippen LogP contribution >= 0.6 is 0 Å². The largest absolute Gasteiger partial charge is 0.484 e. The van der Waals surface area contributed by atoms with E-state index in [1.165, 1.54) is 0 Å². The number of aryl methyl sites for hydroxylation is 1. The molecular formula is C17H25NO3. The van der Waals surface area contributed by atoms with E-state index in [9.17, 15) is 9.90 Å². The molecule has 0 radical (unpaired) electrons. The van der Waals surface area contributed by atoms with Gasteiger partial charge in [-0.25, -0.2) is 0 Å². The van der Waals surface area contributed by atoms with Crippen molar-refractivity contribution >= 4 is 5.91 Å². The SMILES string of the molecule is CCCC(C)NC(=O)COc1ccc2c(c1)CCCC2O. The number of hydrogen-bond acceptors (Lipinski definition) is 3. The fourth-order valence-corrected chi connectivity index (χ4v) is 2.83. The molecule has 2 unspecified atom stereocenters. The lowest BCUT2D eigenvalue weighted by Crippen LogP contribution is -2.35. The molecule has 0 saturated heterocycles. The van der Waals surface area contributed by atoms with Gasteiger partial charge in [-0.05, 0) is 55.9 Å². The van der Waals surface area contributed by atoms with Crippen molar-refractivity contribution in [3.8, 4) is 5.75 Å². The van der Waals surface area contributed by atoms with Crippen molar-refractivity contribution in [2.75, 3.05) is 6.61 Å². The summed E-state index contributed by atoms with van der Waals surface area (Å²) in [7, 11) is 0. The summed E-state index contributed by atoms with van der Waals surface area (Å²) in [6.45, 7) is 4.14. The van der Waals surface area contributed by atoms with Crippen LogP contribution < -0.4 is 10.1 Å². The maximum absolute atomic E-state index is 11.8. The fraction of sp³-hybridized carbons (Fsp3) is 0.588. The van der Waals surface area contributed by atoms with Crippen molar-refractivity contribution in [1.29, 1.82) is 0 Å². The van der Waals surface area contributed by atoms with Crippen molar-refractivity contribution in [2.24, 2.45) is 0 Å². The van der Waals surface area contributed by atoms with Crippen LogP contribution in [0.3, 0.4) is 0 Å². The number of rotatable bonds is 6. The number of aliphatic hydroxyl groups is 1. The van der Waals surface area contributed by atoms with Gasteiger partial charge in [0.2, 0.25) is 0 Å². The van der Waals surface area contributed by atoms with Crippen LogP contribution in [0.5, 0.6) is 5.75 Å². The number of carbonyl (C=O) groups is 1. The highest BCUT2D eigenvalue weighted by Gasteiger charge is 2.18. The van der Waals surface area contributed by atoms with Crippen LogP contribution in [0.15, 0.2) is 18.2 Å². The van der Waals surface area contributed by atoms with Gasteiger partial charge in [0.05, 0.1) is 6.10 Å². The van der Waals surface area contributed by atoms with Gasteiger partial charge in [0.1, 0.15) is 5.75 Å². The van der Waals surface area contributed by atoms with Crippen LogP contribution in [0.4, 0.5) is 0 Å². The molecule has 0 aliphatic heterocycles. The van der Waals surface area contributed by atoms with E-state index in [1.807, 2.05) is 25.1 Å². The highest BCUT2D eigenvalue weighted by atomic mass is 16.5. The second-order valence-electron chi connectivity index (χ2n) is 5.81. The molecule has 0 aromatic heterocycles. The number of hydrogen-bond donors (Lipinski definition) is 2. The molecule has 2 atom stereocenters. The van der Waals surface area contributed by atoms with E-state index >= 15 is 0 Å². The molecule has 0 saturated carbocycles. The molecule has 0 bridgehead atoms. The zero-order chi connectivity index (χ0) is 15.2. The molecule has 1 aromatic rings.